The van der Waals surface area contributed by atoms with Gasteiger partial charge in [0.05, 0.1) is 0 Å². The van der Waals surface area contributed by atoms with Crippen molar-refractivity contribution in [1.82, 2.24) is 9.62 Å². The lowest BCUT2D eigenvalue weighted by atomic mass is 9.86. The summed E-state index contributed by atoms with van der Waals surface area (Å²) < 4.78 is 26.9. The van der Waals surface area contributed by atoms with Gasteiger partial charge in [-0.3, -0.25) is 0 Å². The lowest BCUT2D eigenvalue weighted by Gasteiger charge is -2.29. The molecule has 0 aliphatic heterocycles. The molecule has 1 aromatic heterocycles. The smallest absolute Gasteiger partial charge is 0.252 e. The minimum absolute atomic E-state index is 0.465. The Morgan fingerprint density at radius 2 is 2.20 bits per heavy atom. The highest BCUT2D eigenvalue weighted by Gasteiger charge is 2.27. The fraction of sp³-hybridized carbons (Fsp3) is 0.714. The third kappa shape index (κ3) is 3.81. The lowest BCUT2D eigenvalue weighted by molar-refractivity contribution is 0.263. The summed E-state index contributed by atoms with van der Waals surface area (Å²) in [4.78, 5) is 0. The molecule has 0 amide bonds. The molecule has 1 heterocycles. The maximum Gasteiger partial charge on any atom is 0.252 e. The molecular weight excluding hydrogens is 292 g/mol. The van der Waals surface area contributed by atoms with Gasteiger partial charge in [0, 0.05) is 20.1 Å². The van der Waals surface area contributed by atoms with Gasteiger partial charge in [0.2, 0.25) is 0 Å². The number of rotatable bonds is 8. The average Bonchev–Trinajstić information content (AvgIpc) is 2.83. The van der Waals surface area contributed by atoms with Crippen LogP contribution < -0.4 is 5.32 Å². The Morgan fingerprint density at radius 1 is 1.45 bits per heavy atom. The molecule has 2 rings (SSSR count). The van der Waals surface area contributed by atoms with Crippen LogP contribution in [0.25, 0.3) is 0 Å². The van der Waals surface area contributed by atoms with Crippen LogP contribution in [0.15, 0.2) is 15.7 Å². The van der Waals surface area contributed by atoms with Gasteiger partial charge in [-0.05, 0) is 48.7 Å². The topological polar surface area (TPSA) is 49.4 Å². The molecule has 20 heavy (non-hydrogen) atoms. The quantitative estimate of drug-likeness (QED) is 0.750. The van der Waals surface area contributed by atoms with E-state index in [0.29, 0.717) is 16.7 Å². The third-order valence-corrected chi connectivity index (χ3v) is 7.08. The molecule has 1 saturated carbocycles. The number of nitrogens with zero attached hydrogens (tertiary/aromatic N) is 1. The molecule has 0 saturated heterocycles. The Hall–Kier alpha value is -0.430. The summed E-state index contributed by atoms with van der Waals surface area (Å²) in [5.41, 5.74) is 1.05. The SMILES string of the molecule is CCCNCc1csc(S(=O)(=O)N(C)CC2CCC2)c1. The fourth-order valence-electron chi connectivity index (χ4n) is 2.28. The van der Waals surface area contributed by atoms with Crippen molar-refractivity contribution in [2.24, 2.45) is 5.92 Å². The van der Waals surface area contributed by atoms with E-state index >= 15 is 0 Å². The maximum absolute atomic E-state index is 12.5. The molecule has 1 N–H and O–H groups in total. The Kier molecular flexibility index (Phi) is 5.60. The van der Waals surface area contributed by atoms with E-state index in [-0.39, 0.29) is 0 Å². The molecule has 1 aliphatic rings. The third-order valence-electron chi connectivity index (χ3n) is 3.79. The van der Waals surface area contributed by atoms with E-state index in [0.717, 1.165) is 37.9 Å². The Labute approximate surface area is 126 Å². The molecule has 1 aliphatic carbocycles. The molecule has 114 valence electrons. The molecule has 1 aromatic rings. The van der Waals surface area contributed by atoms with Crippen molar-refractivity contribution in [2.75, 3.05) is 20.1 Å². The van der Waals surface area contributed by atoms with E-state index in [2.05, 4.69) is 12.2 Å². The predicted octanol–water partition coefficient (Wildman–Crippen LogP) is 2.67. The van der Waals surface area contributed by atoms with Crippen LogP contribution in [0.1, 0.15) is 38.2 Å². The molecule has 0 radical (unpaired) electrons. The minimum atomic E-state index is -3.30. The molecular formula is C14H24N2O2S2. The standard InChI is InChI=1S/C14H24N2O2S2/c1-3-7-15-9-13-8-14(19-11-13)20(17,18)16(2)10-12-5-4-6-12/h8,11-12,15H,3-7,9-10H2,1-2H3. The van der Waals surface area contributed by atoms with E-state index in [9.17, 15) is 8.42 Å². The molecule has 0 bridgehead atoms. The molecule has 0 atom stereocenters. The number of thiophene rings is 1. The first-order chi connectivity index (χ1) is 9.54. The lowest BCUT2D eigenvalue weighted by Crippen LogP contribution is -2.33. The zero-order chi connectivity index (χ0) is 14.6. The van der Waals surface area contributed by atoms with Gasteiger partial charge in [0.1, 0.15) is 4.21 Å². The van der Waals surface area contributed by atoms with E-state index in [1.54, 1.807) is 13.1 Å². The summed E-state index contributed by atoms with van der Waals surface area (Å²) in [5.74, 6) is 0.556. The molecule has 0 spiro atoms. The first-order valence-electron chi connectivity index (χ1n) is 7.28. The van der Waals surface area contributed by atoms with Crippen molar-refractivity contribution < 1.29 is 8.42 Å². The van der Waals surface area contributed by atoms with Gasteiger partial charge in [0.25, 0.3) is 10.0 Å². The van der Waals surface area contributed by atoms with E-state index in [4.69, 9.17) is 0 Å². The zero-order valence-electron chi connectivity index (χ0n) is 12.3. The summed E-state index contributed by atoms with van der Waals surface area (Å²) in [6.07, 6.45) is 4.65. The van der Waals surface area contributed by atoms with Gasteiger partial charge in [-0.1, -0.05) is 13.3 Å². The van der Waals surface area contributed by atoms with Crippen LogP contribution in [0.5, 0.6) is 0 Å². The largest absolute Gasteiger partial charge is 0.313 e. The summed E-state index contributed by atoms with van der Waals surface area (Å²) in [5, 5.41) is 5.23. The van der Waals surface area contributed by atoms with Crippen molar-refractivity contribution >= 4 is 21.4 Å². The monoisotopic (exact) mass is 316 g/mol. The summed E-state index contributed by atoms with van der Waals surface area (Å²) in [6.45, 7) is 4.47. The Bertz CT molecular complexity index is 521. The Morgan fingerprint density at radius 3 is 2.80 bits per heavy atom. The van der Waals surface area contributed by atoms with Gasteiger partial charge in [-0.2, -0.15) is 4.31 Å². The van der Waals surface area contributed by atoms with Crippen LogP contribution >= 0.6 is 11.3 Å². The van der Waals surface area contributed by atoms with E-state index < -0.39 is 10.0 Å². The summed E-state index contributed by atoms with van der Waals surface area (Å²) in [6, 6.07) is 1.81. The number of hydrogen-bond acceptors (Lipinski definition) is 4. The fourth-order valence-corrected chi connectivity index (χ4v) is 4.95. The first-order valence-corrected chi connectivity index (χ1v) is 9.60. The highest BCUT2D eigenvalue weighted by Crippen LogP contribution is 2.30. The highest BCUT2D eigenvalue weighted by molar-refractivity contribution is 7.91. The van der Waals surface area contributed by atoms with Crippen molar-refractivity contribution in [2.45, 2.75) is 43.4 Å². The number of hydrogen-bond donors (Lipinski definition) is 1. The van der Waals surface area contributed by atoms with Gasteiger partial charge in [-0.25, -0.2) is 8.42 Å². The second kappa shape index (κ2) is 7.02. The number of nitrogens with one attached hydrogen (secondary N) is 1. The zero-order valence-corrected chi connectivity index (χ0v) is 13.9. The van der Waals surface area contributed by atoms with Crippen LogP contribution in [0.4, 0.5) is 0 Å². The van der Waals surface area contributed by atoms with Crippen molar-refractivity contribution in [3.05, 3.63) is 17.0 Å². The van der Waals surface area contributed by atoms with Crippen LogP contribution in [0.2, 0.25) is 0 Å². The molecule has 4 nitrogen and oxygen atoms in total. The van der Waals surface area contributed by atoms with Gasteiger partial charge >= 0.3 is 0 Å². The highest BCUT2D eigenvalue weighted by atomic mass is 32.2. The van der Waals surface area contributed by atoms with Crippen LogP contribution in [0, 0.1) is 5.92 Å². The molecule has 6 heteroatoms. The summed E-state index contributed by atoms with van der Waals surface area (Å²) >= 11 is 1.33. The predicted molar refractivity (Wildman–Crippen MR) is 83.5 cm³/mol. The summed E-state index contributed by atoms with van der Waals surface area (Å²) in [7, 11) is -1.60. The van der Waals surface area contributed by atoms with Crippen molar-refractivity contribution in [3.63, 3.8) is 0 Å². The van der Waals surface area contributed by atoms with Gasteiger partial charge in [0.15, 0.2) is 0 Å². The van der Waals surface area contributed by atoms with E-state index in [1.807, 2.05) is 5.38 Å². The number of sulfonamides is 1. The van der Waals surface area contributed by atoms with Crippen LogP contribution in [0.3, 0.4) is 0 Å². The molecule has 1 fully saturated rings. The van der Waals surface area contributed by atoms with E-state index in [1.165, 1.54) is 22.1 Å². The van der Waals surface area contributed by atoms with Gasteiger partial charge < -0.3 is 5.32 Å². The second-order valence-corrected chi connectivity index (χ2v) is 8.72. The van der Waals surface area contributed by atoms with Crippen LogP contribution in [-0.2, 0) is 16.6 Å². The van der Waals surface area contributed by atoms with Crippen molar-refractivity contribution in [3.8, 4) is 0 Å². The Balaban J connectivity index is 1.97. The second-order valence-electron chi connectivity index (χ2n) is 5.53. The van der Waals surface area contributed by atoms with Gasteiger partial charge in [-0.15, -0.1) is 11.3 Å². The minimum Gasteiger partial charge on any atom is -0.313 e. The van der Waals surface area contributed by atoms with Crippen LogP contribution in [-0.4, -0.2) is 32.9 Å². The molecule has 0 aromatic carbocycles. The molecule has 0 unspecified atom stereocenters. The average molecular weight is 316 g/mol. The first kappa shape index (κ1) is 15.9. The maximum atomic E-state index is 12.5. The van der Waals surface area contributed by atoms with Crippen molar-refractivity contribution in [1.29, 1.82) is 0 Å². The normalized spacial score (nSPS) is 16.6.